The van der Waals surface area contributed by atoms with Gasteiger partial charge in [0.25, 0.3) is 0 Å². The summed E-state index contributed by atoms with van der Waals surface area (Å²) in [6, 6.07) is 9.97. The molecule has 0 N–H and O–H groups in total. The Morgan fingerprint density at radius 1 is 1.15 bits per heavy atom. The molecule has 0 atom stereocenters. The Balaban J connectivity index is 0.000000845. The van der Waals surface area contributed by atoms with Crippen molar-refractivity contribution >= 4 is 34.9 Å². The Kier molecular flexibility index (Phi) is 3.52. The summed E-state index contributed by atoms with van der Waals surface area (Å²) in [5.41, 5.74) is 2.15. The zero-order valence-corrected chi connectivity index (χ0v) is 8.48. The highest BCUT2D eigenvalue weighted by Crippen LogP contribution is 2.17. The Hall–Kier alpha value is -0.790. The molecule has 0 spiro atoms. The number of alkyl halides is 1. The smallest absolute Gasteiger partial charge is 0.0705 e. The standard InChI is InChI=1S/C10H8ClN.ClH/c11-7-8-3-1-5-10-9(8)4-2-6-12-10;/h1-6H,7H2;1H. The van der Waals surface area contributed by atoms with Crippen LogP contribution in [0.4, 0.5) is 0 Å². The van der Waals surface area contributed by atoms with E-state index in [9.17, 15) is 0 Å². The number of aromatic nitrogens is 1. The molecule has 1 nitrogen and oxygen atoms in total. The predicted molar refractivity (Wildman–Crippen MR) is 58.5 cm³/mol. The van der Waals surface area contributed by atoms with Gasteiger partial charge >= 0.3 is 0 Å². The molecule has 2 rings (SSSR count). The zero-order chi connectivity index (χ0) is 8.39. The van der Waals surface area contributed by atoms with Crippen molar-refractivity contribution in [3.8, 4) is 0 Å². The predicted octanol–water partition coefficient (Wildman–Crippen LogP) is 3.40. The second-order valence-corrected chi connectivity index (χ2v) is 2.89. The molecule has 0 aliphatic rings. The number of halogens is 2. The van der Waals surface area contributed by atoms with Crippen molar-refractivity contribution in [3.63, 3.8) is 0 Å². The normalized spacial score (nSPS) is 9.62. The number of nitrogens with zero attached hydrogens (tertiary/aromatic N) is 1. The first-order valence-electron chi connectivity index (χ1n) is 3.80. The fourth-order valence-corrected chi connectivity index (χ4v) is 1.52. The summed E-state index contributed by atoms with van der Waals surface area (Å²) in [5.74, 6) is 0.545. The van der Waals surface area contributed by atoms with Gasteiger partial charge in [-0.1, -0.05) is 18.2 Å². The summed E-state index contributed by atoms with van der Waals surface area (Å²) < 4.78 is 0. The molecular formula is C10H9Cl2N. The van der Waals surface area contributed by atoms with E-state index in [1.807, 2.05) is 30.3 Å². The number of rotatable bonds is 1. The molecule has 68 valence electrons. The molecule has 0 aliphatic heterocycles. The highest BCUT2D eigenvalue weighted by atomic mass is 35.5. The average Bonchev–Trinajstić information content (AvgIpc) is 2.17. The van der Waals surface area contributed by atoms with E-state index >= 15 is 0 Å². The third-order valence-electron chi connectivity index (χ3n) is 1.88. The van der Waals surface area contributed by atoms with Crippen LogP contribution >= 0.6 is 24.0 Å². The summed E-state index contributed by atoms with van der Waals surface area (Å²) in [5, 5.41) is 1.15. The summed E-state index contributed by atoms with van der Waals surface area (Å²) in [4.78, 5) is 4.23. The molecule has 0 fully saturated rings. The first-order chi connectivity index (χ1) is 5.92. The number of benzene rings is 1. The second-order valence-electron chi connectivity index (χ2n) is 2.62. The molecule has 13 heavy (non-hydrogen) atoms. The van der Waals surface area contributed by atoms with Gasteiger partial charge in [-0.25, -0.2) is 0 Å². The maximum Gasteiger partial charge on any atom is 0.0705 e. The number of fused-ring (bicyclic) bond motifs is 1. The van der Waals surface area contributed by atoms with E-state index in [2.05, 4.69) is 4.98 Å². The quantitative estimate of drug-likeness (QED) is 0.663. The molecule has 0 amide bonds. The van der Waals surface area contributed by atoms with Crippen LogP contribution in [0.2, 0.25) is 0 Å². The Labute approximate surface area is 88.2 Å². The van der Waals surface area contributed by atoms with Crippen LogP contribution in [-0.2, 0) is 5.88 Å². The van der Waals surface area contributed by atoms with Crippen molar-refractivity contribution in [2.24, 2.45) is 0 Å². The topological polar surface area (TPSA) is 12.9 Å². The lowest BCUT2D eigenvalue weighted by molar-refractivity contribution is 1.37. The molecule has 0 unspecified atom stereocenters. The molecular weight excluding hydrogens is 205 g/mol. The molecule has 3 heteroatoms. The third-order valence-corrected chi connectivity index (χ3v) is 2.17. The maximum atomic E-state index is 5.78. The fourth-order valence-electron chi connectivity index (χ4n) is 1.28. The van der Waals surface area contributed by atoms with Crippen LogP contribution in [0, 0.1) is 0 Å². The first kappa shape index (κ1) is 10.3. The molecule has 1 heterocycles. The monoisotopic (exact) mass is 213 g/mol. The highest BCUT2D eigenvalue weighted by Gasteiger charge is 1.97. The van der Waals surface area contributed by atoms with E-state index in [1.165, 1.54) is 0 Å². The van der Waals surface area contributed by atoms with Gasteiger partial charge in [0, 0.05) is 17.5 Å². The van der Waals surface area contributed by atoms with Crippen LogP contribution in [0.25, 0.3) is 10.9 Å². The maximum absolute atomic E-state index is 5.78. The Bertz CT molecular complexity index is 396. The van der Waals surface area contributed by atoms with Crippen LogP contribution in [0.15, 0.2) is 36.5 Å². The van der Waals surface area contributed by atoms with Gasteiger partial charge in [0.05, 0.1) is 5.52 Å². The molecule has 1 aromatic carbocycles. The van der Waals surface area contributed by atoms with Crippen molar-refractivity contribution < 1.29 is 0 Å². The van der Waals surface area contributed by atoms with Gasteiger partial charge in [0.15, 0.2) is 0 Å². The summed E-state index contributed by atoms with van der Waals surface area (Å²) in [6.45, 7) is 0. The highest BCUT2D eigenvalue weighted by molar-refractivity contribution is 6.18. The van der Waals surface area contributed by atoms with Gasteiger partial charge in [0.2, 0.25) is 0 Å². The van der Waals surface area contributed by atoms with Gasteiger partial charge in [0.1, 0.15) is 0 Å². The summed E-state index contributed by atoms with van der Waals surface area (Å²) >= 11 is 5.78. The lowest BCUT2D eigenvalue weighted by Gasteiger charge is -2.00. The number of pyridine rings is 1. The first-order valence-corrected chi connectivity index (χ1v) is 4.34. The van der Waals surface area contributed by atoms with Gasteiger partial charge in [-0.15, -0.1) is 24.0 Å². The minimum Gasteiger partial charge on any atom is -0.256 e. The minimum atomic E-state index is 0. The fraction of sp³-hybridized carbons (Fsp3) is 0.100. The number of hydrogen-bond acceptors (Lipinski definition) is 1. The van der Waals surface area contributed by atoms with Gasteiger partial charge in [-0.3, -0.25) is 4.98 Å². The lowest BCUT2D eigenvalue weighted by Crippen LogP contribution is -1.82. The zero-order valence-electron chi connectivity index (χ0n) is 6.90. The van der Waals surface area contributed by atoms with E-state index in [0.29, 0.717) is 5.88 Å². The Morgan fingerprint density at radius 2 is 2.00 bits per heavy atom. The van der Waals surface area contributed by atoms with Crippen LogP contribution < -0.4 is 0 Å². The Morgan fingerprint density at radius 3 is 2.77 bits per heavy atom. The molecule has 0 saturated heterocycles. The van der Waals surface area contributed by atoms with E-state index < -0.39 is 0 Å². The van der Waals surface area contributed by atoms with Crippen LogP contribution in [0.1, 0.15) is 5.56 Å². The molecule has 0 bridgehead atoms. The van der Waals surface area contributed by atoms with Crippen molar-refractivity contribution in [1.82, 2.24) is 4.98 Å². The SMILES string of the molecule is Cl.ClCc1cccc2ncccc12. The third kappa shape index (κ3) is 1.93. The lowest BCUT2D eigenvalue weighted by atomic mass is 10.1. The van der Waals surface area contributed by atoms with E-state index in [0.717, 1.165) is 16.5 Å². The largest absolute Gasteiger partial charge is 0.256 e. The van der Waals surface area contributed by atoms with Crippen molar-refractivity contribution in [1.29, 1.82) is 0 Å². The molecule has 0 radical (unpaired) electrons. The molecule has 1 aromatic heterocycles. The van der Waals surface area contributed by atoms with Gasteiger partial charge < -0.3 is 0 Å². The van der Waals surface area contributed by atoms with E-state index in [-0.39, 0.29) is 12.4 Å². The minimum absolute atomic E-state index is 0. The van der Waals surface area contributed by atoms with E-state index in [1.54, 1.807) is 6.20 Å². The van der Waals surface area contributed by atoms with Crippen molar-refractivity contribution in [2.75, 3.05) is 0 Å². The molecule has 2 aromatic rings. The van der Waals surface area contributed by atoms with Gasteiger partial charge in [-0.05, 0) is 17.7 Å². The molecule has 0 aliphatic carbocycles. The summed E-state index contributed by atoms with van der Waals surface area (Å²) in [6.07, 6.45) is 1.79. The van der Waals surface area contributed by atoms with Gasteiger partial charge in [-0.2, -0.15) is 0 Å². The second kappa shape index (κ2) is 4.45. The van der Waals surface area contributed by atoms with E-state index in [4.69, 9.17) is 11.6 Å². The van der Waals surface area contributed by atoms with Crippen LogP contribution in [0.3, 0.4) is 0 Å². The van der Waals surface area contributed by atoms with Crippen molar-refractivity contribution in [2.45, 2.75) is 5.88 Å². The molecule has 0 saturated carbocycles. The number of hydrogen-bond donors (Lipinski definition) is 0. The summed E-state index contributed by atoms with van der Waals surface area (Å²) in [7, 11) is 0. The van der Waals surface area contributed by atoms with Crippen LogP contribution in [0.5, 0.6) is 0 Å². The van der Waals surface area contributed by atoms with Crippen molar-refractivity contribution in [3.05, 3.63) is 42.1 Å². The average molecular weight is 214 g/mol. The van der Waals surface area contributed by atoms with Crippen LogP contribution in [-0.4, -0.2) is 4.98 Å².